The minimum atomic E-state index is -1.41. The molecule has 1 aromatic carbocycles. The van der Waals surface area contributed by atoms with Gasteiger partial charge in [-0.25, -0.2) is 4.98 Å². The van der Waals surface area contributed by atoms with Crippen LogP contribution in [0.3, 0.4) is 0 Å². The van der Waals surface area contributed by atoms with Gasteiger partial charge in [-0.1, -0.05) is 75.2 Å². The van der Waals surface area contributed by atoms with Gasteiger partial charge in [-0.15, -0.1) is 22.7 Å². The van der Waals surface area contributed by atoms with Gasteiger partial charge in [0.05, 0.1) is 9.75 Å². The Balaban J connectivity index is 2.18. The van der Waals surface area contributed by atoms with E-state index < -0.39 is 40.0 Å². The second-order valence-electron chi connectivity index (χ2n) is 12.7. The number of thiophene rings is 1. The maximum atomic E-state index is 6.10. The number of aromatic nitrogens is 1. The van der Waals surface area contributed by atoms with Gasteiger partial charge >= 0.3 is 0 Å². The van der Waals surface area contributed by atoms with Crippen LogP contribution in [0.15, 0.2) is 36.5 Å². The van der Waals surface area contributed by atoms with Crippen molar-refractivity contribution in [1.82, 2.24) is 4.98 Å². The molecule has 228 valence electrons. The van der Waals surface area contributed by atoms with Crippen LogP contribution in [0.25, 0.3) is 20.3 Å². The van der Waals surface area contributed by atoms with E-state index in [1.165, 1.54) is 21.0 Å². The van der Waals surface area contributed by atoms with Crippen molar-refractivity contribution in [3.05, 3.63) is 36.5 Å². The Bertz CT molecular complexity index is 1420. The van der Waals surface area contributed by atoms with E-state index in [1.54, 1.807) is 21.3 Å². The van der Waals surface area contributed by atoms with Crippen molar-refractivity contribution in [1.29, 1.82) is 0 Å². The molecule has 2 heterocycles. The van der Waals surface area contributed by atoms with E-state index in [2.05, 4.69) is 103 Å². The van der Waals surface area contributed by atoms with Gasteiger partial charge < -0.3 is 4.90 Å². The fraction of sp³-hybridized carbons (Fsp3) is 0.519. The van der Waals surface area contributed by atoms with E-state index in [0.29, 0.717) is 0 Å². The Labute approximate surface area is 280 Å². The monoisotopic (exact) mass is 774 g/mol. The molecule has 14 heteroatoms. The first-order chi connectivity index (χ1) is 18.6. The van der Waals surface area contributed by atoms with E-state index in [1.807, 2.05) is 17.5 Å². The Hall–Kier alpha value is 1.81. The Morgan fingerprint density at radius 3 is 1.59 bits per heavy atom. The lowest BCUT2D eigenvalue weighted by atomic mass is 10.2. The summed E-state index contributed by atoms with van der Waals surface area (Å²) in [4.78, 5) is 9.60. The topological polar surface area (TPSA) is 16.1 Å². The predicted octanol–water partition coefficient (Wildman–Crippen LogP) is 9.61. The van der Waals surface area contributed by atoms with Crippen molar-refractivity contribution >= 4 is 126 Å². The van der Waals surface area contributed by atoms with Gasteiger partial charge in [-0.3, -0.25) is 0 Å². The predicted molar refractivity (Wildman–Crippen MR) is 222 cm³/mol. The summed E-state index contributed by atoms with van der Waals surface area (Å²) in [5.74, 6) is 4.52. The van der Waals surface area contributed by atoms with Crippen LogP contribution in [0.2, 0.25) is 0 Å². The minimum Gasteiger partial charge on any atom is -0.378 e. The van der Waals surface area contributed by atoms with Gasteiger partial charge in [0, 0.05) is 54.2 Å². The molecule has 41 heavy (non-hydrogen) atoms. The molecule has 0 amide bonds. The third kappa shape index (κ3) is 12.5. The Morgan fingerprint density at radius 2 is 1.15 bits per heavy atom. The molecule has 3 rings (SSSR count). The summed E-state index contributed by atoms with van der Waals surface area (Å²) < 4.78 is 1.58. The van der Waals surface area contributed by atoms with E-state index >= 15 is 0 Å². The summed E-state index contributed by atoms with van der Waals surface area (Å²) in [7, 11) is 3.28. The molecule has 0 aliphatic carbocycles. The lowest BCUT2D eigenvalue weighted by Crippen LogP contribution is -2.21. The summed E-state index contributed by atoms with van der Waals surface area (Å²) in [5.41, 5.74) is 2.42. The minimum absolute atomic E-state index is 0.431. The lowest BCUT2D eigenvalue weighted by molar-refractivity contribution is 1.13. The van der Waals surface area contributed by atoms with Crippen molar-refractivity contribution in [2.75, 3.05) is 95.9 Å². The summed E-state index contributed by atoms with van der Waals surface area (Å²) in [6.07, 6.45) is 2.04. The van der Waals surface area contributed by atoms with Crippen LogP contribution >= 0.6 is 62.7 Å². The molecule has 0 spiro atoms. The zero-order valence-electron chi connectivity index (χ0n) is 25.8. The molecule has 3 aromatic rings. The fourth-order valence-electron chi connectivity index (χ4n) is 4.39. The van der Waals surface area contributed by atoms with Crippen molar-refractivity contribution < 1.29 is 0 Å². The highest BCUT2D eigenvalue weighted by Crippen LogP contribution is 2.63. The SMILES string of the molecule is CN(C)c1ccc(-c2cnc(-c3cc(P(CP(C)(C)=S)CP(C)(C)=S)c(P(CP(C)(C)=S)CP(C)(C)=S)s3)s2)cc1. The number of benzene rings is 1. The molecular weight excluding hydrogens is 731 g/mol. The van der Waals surface area contributed by atoms with Crippen molar-refractivity contribution in [3.63, 3.8) is 0 Å². The van der Waals surface area contributed by atoms with E-state index in [9.17, 15) is 0 Å². The van der Waals surface area contributed by atoms with Gasteiger partial charge in [-0.2, -0.15) is 0 Å². The van der Waals surface area contributed by atoms with Gasteiger partial charge in [0.2, 0.25) is 0 Å². The molecule has 0 saturated heterocycles. The van der Waals surface area contributed by atoms with Crippen LogP contribution in [0.5, 0.6) is 0 Å². The zero-order chi connectivity index (χ0) is 31.0. The largest absolute Gasteiger partial charge is 0.378 e. The third-order valence-electron chi connectivity index (χ3n) is 5.75. The molecular formula is C27H44N2P6S6. The van der Waals surface area contributed by atoms with Crippen molar-refractivity contribution in [2.45, 2.75) is 0 Å². The second-order valence-corrected chi connectivity index (χ2v) is 47.2. The first-order valence-corrected chi connectivity index (χ1v) is 33.7. The Morgan fingerprint density at radius 1 is 0.683 bits per heavy atom. The third-order valence-corrected chi connectivity index (χ3v) is 31.6. The zero-order valence-corrected chi connectivity index (χ0v) is 36.1. The van der Waals surface area contributed by atoms with Crippen LogP contribution in [-0.4, -0.2) is 96.0 Å². The van der Waals surface area contributed by atoms with Gasteiger partial charge in [0.15, 0.2) is 0 Å². The summed E-state index contributed by atoms with van der Waals surface area (Å²) in [5, 5.41) is 2.67. The van der Waals surface area contributed by atoms with Crippen LogP contribution in [-0.2, 0) is 47.2 Å². The summed E-state index contributed by atoms with van der Waals surface area (Å²) in [6.45, 7) is 18.5. The maximum absolute atomic E-state index is 6.10. The van der Waals surface area contributed by atoms with E-state index in [-0.39, 0.29) is 0 Å². The molecule has 0 N–H and O–H groups in total. The standard InChI is InChI=1S/C27H44N2P6S6/c1-29(2)22-13-11-21(12-14-22)25-16-28-26(40-25)24-15-23(30(17-32(3,4)36)18-33(5,6)37)27(41-24)31(19-34(7,8)38)20-35(9,10)39/h11-16H,17-20H2,1-10H3. The quantitative estimate of drug-likeness (QED) is 0.160. The Kier molecular flexibility index (Phi) is 13.4. The smallest absolute Gasteiger partial charge is 0.133 e. The average molecular weight is 775 g/mol. The van der Waals surface area contributed by atoms with E-state index in [4.69, 9.17) is 52.2 Å². The number of thiazole rings is 1. The maximum Gasteiger partial charge on any atom is 0.133 e. The molecule has 0 fully saturated rings. The van der Waals surface area contributed by atoms with Gasteiger partial charge in [0.25, 0.3) is 0 Å². The second kappa shape index (κ2) is 14.7. The number of rotatable bonds is 13. The first-order valence-electron chi connectivity index (χ1n) is 13.1. The highest BCUT2D eigenvalue weighted by Gasteiger charge is 2.31. The number of anilines is 1. The molecule has 0 bridgehead atoms. The number of nitrogens with zero attached hydrogens (tertiary/aromatic N) is 2. The molecule has 0 radical (unpaired) electrons. The molecule has 0 saturated carbocycles. The highest BCUT2D eigenvalue weighted by atomic mass is 32.5. The van der Waals surface area contributed by atoms with Crippen molar-refractivity contribution in [3.8, 4) is 20.3 Å². The molecule has 2 aromatic heterocycles. The normalized spacial score (nSPS) is 13.4. The fourth-order valence-corrected chi connectivity index (χ4v) is 33.2. The van der Waals surface area contributed by atoms with Gasteiger partial charge in [0.1, 0.15) is 5.01 Å². The van der Waals surface area contributed by atoms with Crippen molar-refractivity contribution in [2.24, 2.45) is 0 Å². The first kappa shape index (κ1) is 37.3. The summed E-state index contributed by atoms with van der Waals surface area (Å²) >= 11 is 28.2. The summed E-state index contributed by atoms with van der Waals surface area (Å²) in [6, 6.07) is 5.60. The van der Waals surface area contributed by atoms with Crippen LogP contribution in [0.1, 0.15) is 0 Å². The van der Waals surface area contributed by atoms with E-state index in [0.717, 1.165) is 28.6 Å². The number of hydrogen-bond acceptors (Lipinski definition) is 8. The van der Waals surface area contributed by atoms with Gasteiger partial charge in [-0.05, 0) is 107 Å². The molecule has 2 nitrogen and oxygen atoms in total. The average Bonchev–Trinajstić information content (AvgIpc) is 3.42. The molecule has 0 aliphatic heterocycles. The number of hydrogen-bond donors (Lipinski definition) is 0. The molecule has 0 atom stereocenters. The highest BCUT2D eigenvalue weighted by molar-refractivity contribution is 8.21. The lowest BCUT2D eigenvalue weighted by Gasteiger charge is -2.30. The molecule has 0 aliphatic rings. The van der Waals surface area contributed by atoms with Crippen LogP contribution < -0.4 is 14.8 Å². The van der Waals surface area contributed by atoms with Crippen LogP contribution in [0, 0.1) is 0 Å². The van der Waals surface area contributed by atoms with Crippen LogP contribution in [0.4, 0.5) is 5.69 Å². The molecule has 0 unspecified atom stereocenters.